The van der Waals surface area contributed by atoms with E-state index < -0.39 is 17.7 Å². The maximum atomic E-state index is 13.9. The molecule has 1 aromatic heterocycles. The molecule has 2 heterocycles. The van der Waals surface area contributed by atoms with Gasteiger partial charge in [0, 0.05) is 12.1 Å². The molecule has 0 saturated carbocycles. The molecule has 7 nitrogen and oxygen atoms in total. The van der Waals surface area contributed by atoms with E-state index in [0.29, 0.717) is 35.9 Å². The number of thiazole rings is 1. The fourth-order valence-electron chi connectivity index (χ4n) is 4.39. The average molecular weight is 506 g/mol. The van der Waals surface area contributed by atoms with Gasteiger partial charge in [-0.1, -0.05) is 42.5 Å². The Labute approximate surface area is 215 Å². The Kier molecular flexibility index (Phi) is 7.86. The lowest BCUT2D eigenvalue weighted by Gasteiger charge is -2.27. The summed E-state index contributed by atoms with van der Waals surface area (Å²) in [5.41, 5.74) is 2.29. The summed E-state index contributed by atoms with van der Waals surface area (Å²) in [5.74, 6) is -0.755. The first-order valence-corrected chi connectivity index (χ1v) is 12.8. The maximum absolute atomic E-state index is 13.9. The van der Waals surface area contributed by atoms with Gasteiger partial charge >= 0.3 is 0 Å². The van der Waals surface area contributed by atoms with E-state index in [-0.39, 0.29) is 11.4 Å². The van der Waals surface area contributed by atoms with E-state index in [2.05, 4.69) is 4.98 Å². The van der Waals surface area contributed by atoms with E-state index in [9.17, 15) is 14.7 Å². The lowest BCUT2D eigenvalue weighted by Crippen LogP contribution is -2.33. The van der Waals surface area contributed by atoms with Crippen molar-refractivity contribution < 1.29 is 19.4 Å². The van der Waals surface area contributed by atoms with Crippen LogP contribution in [0.15, 0.2) is 65.9 Å². The molecule has 1 unspecified atom stereocenters. The Hall–Kier alpha value is -3.49. The Morgan fingerprint density at radius 2 is 1.92 bits per heavy atom. The third-order valence-corrected chi connectivity index (χ3v) is 7.27. The molecule has 1 aliphatic rings. The standard InChI is InChI=1S/C28H31N3O4S/c1-5-35-21-14-9-13-20(17-21)23-22(25(33)28(34)31(23)16-10-15-30(3)4)24(32)26-18(2)29-27(36-26)19-11-7-6-8-12-19/h6-9,11-14,17,23,33H,5,10,15-16H2,1-4H3. The van der Waals surface area contributed by atoms with E-state index in [1.54, 1.807) is 11.8 Å². The van der Waals surface area contributed by atoms with Gasteiger partial charge in [-0.15, -0.1) is 11.3 Å². The van der Waals surface area contributed by atoms with Crippen LogP contribution in [0.5, 0.6) is 5.75 Å². The SMILES string of the molecule is CCOc1cccc(C2C(C(=O)c3sc(-c4ccccc4)nc3C)=C(O)C(=O)N2CCCN(C)C)c1. The number of carbonyl (C=O) groups excluding carboxylic acids is 2. The molecule has 0 radical (unpaired) electrons. The summed E-state index contributed by atoms with van der Waals surface area (Å²) < 4.78 is 5.68. The van der Waals surface area contributed by atoms with E-state index in [0.717, 1.165) is 22.7 Å². The minimum absolute atomic E-state index is 0.0878. The number of benzene rings is 2. The fraction of sp³-hybridized carbons (Fsp3) is 0.321. The van der Waals surface area contributed by atoms with Gasteiger partial charge in [-0.25, -0.2) is 4.98 Å². The molecule has 36 heavy (non-hydrogen) atoms. The molecule has 0 bridgehead atoms. The predicted molar refractivity (Wildman–Crippen MR) is 142 cm³/mol. The number of rotatable bonds is 10. The van der Waals surface area contributed by atoms with Gasteiger partial charge in [-0.3, -0.25) is 9.59 Å². The van der Waals surface area contributed by atoms with Crippen LogP contribution in [-0.2, 0) is 4.79 Å². The molecule has 1 atom stereocenters. The fourth-order valence-corrected chi connectivity index (χ4v) is 5.42. The first-order valence-electron chi connectivity index (χ1n) is 12.0. The number of amides is 1. The molecule has 2 aromatic carbocycles. The number of carbonyl (C=O) groups is 2. The Morgan fingerprint density at radius 1 is 1.17 bits per heavy atom. The first-order chi connectivity index (χ1) is 17.3. The van der Waals surface area contributed by atoms with E-state index in [1.165, 1.54) is 11.3 Å². The van der Waals surface area contributed by atoms with Crippen molar-refractivity contribution >= 4 is 23.0 Å². The number of hydrogen-bond donors (Lipinski definition) is 1. The second-order valence-corrected chi connectivity index (χ2v) is 9.95. The molecule has 0 spiro atoms. The van der Waals surface area contributed by atoms with Gasteiger partial charge in [0.1, 0.15) is 10.8 Å². The number of Topliss-reactive ketones (excluding diaryl/α,β-unsaturated/α-hetero) is 1. The van der Waals surface area contributed by atoms with Crippen molar-refractivity contribution in [3.8, 4) is 16.3 Å². The zero-order valence-electron chi connectivity index (χ0n) is 21.0. The normalized spacial score (nSPS) is 15.8. The van der Waals surface area contributed by atoms with Crippen LogP contribution in [0.25, 0.3) is 10.6 Å². The second kappa shape index (κ2) is 11.1. The Bertz CT molecular complexity index is 1280. The van der Waals surface area contributed by atoms with E-state index in [1.807, 2.05) is 80.5 Å². The second-order valence-electron chi connectivity index (χ2n) is 8.95. The molecule has 1 N–H and O–H groups in total. The lowest BCUT2D eigenvalue weighted by molar-refractivity contribution is -0.129. The molecular formula is C28H31N3O4S. The summed E-state index contributed by atoms with van der Waals surface area (Å²) in [4.78, 5) is 35.8. The molecule has 3 aromatic rings. The highest BCUT2D eigenvalue weighted by Gasteiger charge is 2.44. The molecule has 4 rings (SSSR count). The van der Waals surface area contributed by atoms with Gasteiger partial charge in [0.25, 0.3) is 5.91 Å². The van der Waals surface area contributed by atoms with E-state index in [4.69, 9.17) is 4.74 Å². The number of aryl methyl sites for hydroxylation is 1. The Balaban J connectivity index is 1.75. The minimum Gasteiger partial charge on any atom is -0.503 e. The monoisotopic (exact) mass is 505 g/mol. The van der Waals surface area contributed by atoms with Crippen molar-refractivity contribution in [1.82, 2.24) is 14.8 Å². The molecule has 0 aliphatic carbocycles. The number of aromatic nitrogens is 1. The summed E-state index contributed by atoms with van der Waals surface area (Å²) in [7, 11) is 3.94. The minimum atomic E-state index is -0.714. The van der Waals surface area contributed by atoms with Gasteiger partial charge in [0.05, 0.1) is 28.8 Å². The van der Waals surface area contributed by atoms with Crippen LogP contribution in [0, 0.1) is 6.92 Å². The number of aliphatic hydroxyl groups excluding tert-OH is 1. The topological polar surface area (TPSA) is 83.0 Å². The third kappa shape index (κ3) is 5.20. The number of nitrogens with zero attached hydrogens (tertiary/aromatic N) is 3. The maximum Gasteiger partial charge on any atom is 0.290 e. The number of hydrogen-bond acceptors (Lipinski definition) is 7. The van der Waals surface area contributed by atoms with Gasteiger partial charge in [-0.05, 0) is 58.6 Å². The third-order valence-electron chi connectivity index (χ3n) is 6.06. The summed E-state index contributed by atoms with van der Waals surface area (Å²) in [6.45, 7) is 5.35. The van der Waals surface area contributed by atoms with Crippen molar-refractivity contribution in [3.63, 3.8) is 0 Å². The highest BCUT2D eigenvalue weighted by Crippen LogP contribution is 2.41. The molecule has 1 amide bonds. The molecule has 1 aliphatic heterocycles. The van der Waals surface area contributed by atoms with Gasteiger partial charge in [0.15, 0.2) is 5.76 Å². The summed E-state index contributed by atoms with van der Waals surface area (Å²) in [5, 5.41) is 11.7. The van der Waals surface area contributed by atoms with Crippen LogP contribution in [0.4, 0.5) is 0 Å². The molecular weight excluding hydrogens is 474 g/mol. The van der Waals surface area contributed by atoms with Gasteiger partial charge < -0.3 is 19.6 Å². The largest absolute Gasteiger partial charge is 0.503 e. The highest BCUT2D eigenvalue weighted by atomic mass is 32.1. The predicted octanol–water partition coefficient (Wildman–Crippen LogP) is 5.05. The van der Waals surface area contributed by atoms with Crippen LogP contribution < -0.4 is 4.74 Å². The van der Waals surface area contributed by atoms with Crippen molar-refractivity contribution in [3.05, 3.63) is 82.1 Å². The molecule has 0 saturated heterocycles. The summed E-state index contributed by atoms with van der Waals surface area (Å²) in [6.07, 6.45) is 0.701. The highest BCUT2D eigenvalue weighted by molar-refractivity contribution is 7.17. The Morgan fingerprint density at radius 3 is 2.61 bits per heavy atom. The number of ether oxygens (including phenoxy) is 1. The van der Waals surface area contributed by atoms with Crippen LogP contribution in [0.3, 0.4) is 0 Å². The van der Waals surface area contributed by atoms with Crippen molar-refractivity contribution in [1.29, 1.82) is 0 Å². The molecule has 0 fully saturated rings. The van der Waals surface area contributed by atoms with Crippen LogP contribution in [0.2, 0.25) is 0 Å². The average Bonchev–Trinajstić information content (AvgIpc) is 3.37. The van der Waals surface area contributed by atoms with Crippen LogP contribution in [0.1, 0.15) is 40.3 Å². The van der Waals surface area contributed by atoms with Crippen LogP contribution >= 0.6 is 11.3 Å². The number of aliphatic hydroxyl groups is 1. The molecule has 8 heteroatoms. The van der Waals surface area contributed by atoms with Crippen LogP contribution in [-0.4, -0.2) is 65.4 Å². The van der Waals surface area contributed by atoms with Gasteiger partial charge in [0.2, 0.25) is 5.78 Å². The first kappa shape index (κ1) is 25.6. The van der Waals surface area contributed by atoms with Crippen molar-refractivity contribution in [2.45, 2.75) is 26.3 Å². The summed E-state index contributed by atoms with van der Waals surface area (Å²) in [6, 6.07) is 16.3. The van der Waals surface area contributed by atoms with E-state index >= 15 is 0 Å². The number of ketones is 1. The quantitative estimate of drug-likeness (QED) is 0.389. The smallest absolute Gasteiger partial charge is 0.290 e. The van der Waals surface area contributed by atoms with Crippen molar-refractivity contribution in [2.75, 3.05) is 33.8 Å². The zero-order chi connectivity index (χ0) is 25.8. The lowest BCUT2D eigenvalue weighted by atomic mass is 9.95. The molecule has 188 valence electrons. The summed E-state index contributed by atoms with van der Waals surface area (Å²) >= 11 is 1.28. The zero-order valence-corrected chi connectivity index (χ0v) is 21.8. The van der Waals surface area contributed by atoms with Gasteiger partial charge in [-0.2, -0.15) is 0 Å². The van der Waals surface area contributed by atoms with Crippen molar-refractivity contribution in [2.24, 2.45) is 0 Å².